The van der Waals surface area contributed by atoms with Gasteiger partial charge in [0.15, 0.2) is 0 Å². The van der Waals surface area contributed by atoms with Crippen LogP contribution in [-0.4, -0.2) is 29.8 Å². The fraction of sp³-hybridized carbons (Fsp3) is 0.333. The first-order chi connectivity index (χ1) is 8.49. The number of halogens is 1. The van der Waals surface area contributed by atoms with Gasteiger partial charge < -0.3 is 9.84 Å². The van der Waals surface area contributed by atoms with Gasteiger partial charge in [-0.1, -0.05) is 6.07 Å². The van der Waals surface area contributed by atoms with Crippen molar-refractivity contribution in [3.05, 3.63) is 28.2 Å². The van der Waals surface area contributed by atoms with Gasteiger partial charge in [0.25, 0.3) is 0 Å². The van der Waals surface area contributed by atoms with Crippen molar-refractivity contribution in [3.63, 3.8) is 0 Å². The van der Waals surface area contributed by atoms with Crippen molar-refractivity contribution in [2.45, 2.75) is 19.4 Å². The number of ether oxygens (including phenoxy) is 1. The summed E-state index contributed by atoms with van der Waals surface area (Å²) in [5, 5.41) is 8.83. The van der Waals surface area contributed by atoms with E-state index in [2.05, 4.69) is 15.9 Å². The SMILES string of the molecule is Cc1ccc(N2C(=O)OCC2CC(=O)O)c(Br)c1. The summed E-state index contributed by atoms with van der Waals surface area (Å²) in [5.74, 6) is -0.952. The average molecular weight is 314 g/mol. The molecule has 5 nitrogen and oxygen atoms in total. The predicted molar refractivity (Wildman–Crippen MR) is 68.7 cm³/mol. The summed E-state index contributed by atoms with van der Waals surface area (Å²) in [5.41, 5.74) is 1.68. The fourth-order valence-corrected chi connectivity index (χ4v) is 2.60. The molecule has 96 valence electrons. The van der Waals surface area contributed by atoms with Gasteiger partial charge >= 0.3 is 12.1 Å². The maximum atomic E-state index is 11.7. The van der Waals surface area contributed by atoms with E-state index in [4.69, 9.17) is 9.84 Å². The number of cyclic esters (lactones) is 1. The molecule has 18 heavy (non-hydrogen) atoms. The Balaban J connectivity index is 2.33. The van der Waals surface area contributed by atoms with E-state index in [9.17, 15) is 9.59 Å². The van der Waals surface area contributed by atoms with Crippen LogP contribution in [0.25, 0.3) is 0 Å². The Bertz CT molecular complexity index is 503. The Hall–Kier alpha value is -1.56. The minimum atomic E-state index is -0.952. The van der Waals surface area contributed by atoms with E-state index in [0.717, 1.165) is 10.0 Å². The van der Waals surface area contributed by atoms with Crippen LogP contribution < -0.4 is 4.90 Å². The summed E-state index contributed by atoms with van der Waals surface area (Å²) in [7, 11) is 0. The van der Waals surface area contributed by atoms with E-state index < -0.39 is 18.1 Å². The zero-order valence-corrected chi connectivity index (χ0v) is 11.3. The van der Waals surface area contributed by atoms with Crippen molar-refractivity contribution in [2.75, 3.05) is 11.5 Å². The Morgan fingerprint density at radius 2 is 2.33 bits per heavy atom. The lowest BCUT2D eigenvalue weighted by Gasteiger charge is -2.21. The molecule has 1 heterocycles. The van der Waals surface area contributed by atoms with E-state index in [1.807, 2.05) is 19.1 Å². The van der Waals surface area contributed by atoms with Crippen molar-refractivity contribution in [1.29, 1.82) is 0 Å². The lowest BCUT2D eigenvalue weighted by atomic mass is 10.1. The van der Waals surface area contributed by atoms with Crippen LogP contribution in [0.4, 0.5) is 10.5 Å². The summed E-state index contributed by atoms with van der Waals surface area (Å²) in [6.45, 7) is 2.04. The third-order valence-electron chi connectivity index (χ3n) is 2.73. The number of aliphatic carboxylic acids is 1. The molecule has 1 saturated heterocycles. The highest BCUT2D eigenvalue weighted by molar-refractivity contribution is 9.10. The van der Waals surface area contributed by atoms with Gasteiger partial charge in [-0.15, -0.1) is 0 Å². The Morgan fingerprint density at radius 3 is 2.94 bits per heavy atom. The molecule has 1 atom stereocenters. The quantitative estimate of drug-likeness (QED) is 0.931. The number of carbonyl (C=O) groups excluding carboxylic acids is 1. The molecule has 1 N–H and O–H groups in total. The highest BCUT2D eigenvalue weighted by Crippen LogP contribution is 2.32. The molecule has 0 aromatic heterocycles. The number of carboxylic acids is 1. The molecule has 1 unspecified atom stereocenters. The van der Waals surface area contributed by atoms with Crippen LogP contribution in [0.3, 0.4) is 0 Å². The lowest BCUT2D eigenvalue weighted by molar-refractivity contribution is -0.137. The zero-order valence-electron chi connectivity index (χ0n) is 9.72. The second-order valence-corrected chi connectivity index (χ2v) is 5.01. The number of rotatable bonds is 3. The molecular weight excluding hydrogens is 302 g/mol. The van der Waals surface area contributed by atoms with E-state index in [1.54, 1.807) is 6.07 Å². The van der Waals surface area contributed by atoms with Crippen molar-refractivity contribution < 1.29 is 19.4 Å². The maximum absolute atomic E-state index is 11.7. The van der Waals surface area contributed by atoms with Crippen LogP contribution in [-0.2, 0) is 9.53 Å². The molecule has 1 aliphatic heterocycles. The highest BCUT2D eigenvalue weighted by Gasteiger charge is 2.36. The number of anilines is 1. The summed E-state index contributed by atoms with van der Waals surface area (Å²) in [6.07, 6.45) is -0.641. The zero-order chi connectivity index (χ0) is 13.3. The molecule has 0 aliphatic carbocycles. The third kappa shape index (κ3) is 2.48. The number of amides is 1. The predicted octanol–water partition coefficient (Wildman–Crippen LogP) is 2.56. The topological polar surface area (TPSA) is 66.8 Å². The van der Waals surface area contributed by atoms with Gasteiger partial charge in [0.2, 0.25) is 0 Å². The first-order valence-corrected chi connectivity index (χ1v) is 6.22. The fourth-order valence-electron chi connectivity index (χ4n) is 1.91. The van der Waals surface area contributed by atoms with Gasteiger partial charge in [-0.3, -0.25) is 9.69 Å². The second kappa shape index (κ2) is 4.97. The molecule has 0 saturated carbocycles. The number of aryl methyl sites for hydroxylation is 1. The summed E-state index contributed by atoms with van der Waals surface area (Å²) < 4.78 is 5.67. The van der Waals surface area contributed by atoms with E-state index in [1.165, 1.54) is 4.90 Å². The molecule has 1 aliphatic rings. The van der Waals surface area contributed by atoms with Gasteiger partial charge in [0.05, 0.1) is 18.2 Å². The van der Waals surface area contributed by atoms with E-state index in [0.29, 0.717) is 5.69 Å². The average Bonchev–Trinajstić information content (AvgIpc) is 2.60. The summed E-state index contributed by atoms with van der Waals surface area (Å²) in [6, 6.07) is 5.05. The van der Waals surface area contributed by atoms with Gasteiger partial charge in [0, 0.05) is 4.47 Å². The van der Waals surface area contributed by atoms with Crippen molar-refractivity contribution in [2.24, 2.45) is 0 Å². The third-order valence-corrected chi connectivity index (χ3v) is 3.37. The standard InChI is InChI=1S/C12H12BrNO4/c1-7-2-3-10(9(13)4-7)14-8(5-11(15)16)6-18-12(14)17/h2-4,8H,5-6H2,1H3,(H,15,16). The molecule has 1 aromatic carbocycles. The molecule has 1 aromatic rings. The van der Waals surface area contributed by atoms with Crippen LogP contribution in [0, 0.1) is 6.92 Å². The van der Waals surface area contributed by atoms with Crippen LogP contribution in [0.5, 0.6) is 0 Å². The second-order valence-electron chi connectivity index (χ2n) is 4.15. The molecule has 6 heteroatoms. The van der Waals surface area contributed by atoms with Gasteiger partial charge in [-0.2, -0.15) is 0 Å². The number of benzene rings is 1. The van der Waals surface area contributed by atoms with Crippen LogP contribution in [0.2, 0.25) is 0 Å². The largest absolute Gasteiger partial charge is 0.481 e. The first kappa shape index (κ1) is 12.9. The lowest BCUT2D eigenvalue weighted by Crippen LogP contribution is -2.35. The number of carbonyl (C=O) groups is 2. The smallest absolute Gasteiger partial charge is 0.414 e. The molecule has 1 fully saturated rings. The minimum Gasteiger partial charge on any atom is -0.481 e. The maximum Gasteiger partial charge on any atom is 0.414 e. The van der Waals surface area contributed by atoms with Gasteiger partial charge in [-0.05, 0) is 40.5 Å². The number of nitrogens with zero attached hydrogens (tertiary/aromatic N) is 1. The minimum absolute atomic E-state index is 0.103. The Labute approximate surface area is 112 Å². The number of carboxylic acid groups (broad SMARTS) is 1. The van der Waals surface area contributed by atoms with Gasteiger partial charge in [0.1, 0.15) is 6.61 Å². The van der Waals surface area contributed by atoms with Crippen LogP contribution in [0.1, 0.15) is 12.0 Å². The molecule has 0 radical (unpaired) electrons. The van der Waals surface area contributed by atoms with Crippen molar-refractivity contribution in [3.8, 4) is 0 Å². The number of hydrogen-bond donors (Lipinski definition) is 1. The molecule has 2 rings (SSSR count). The Kier molecular flexibility index (Phi) is 3.56. The van der Waals surface area contributed by atoms with Crippen molar-refractivity contribution >= 4 is 33.7 Å². The molecule has 0 spiro atoms. The highest BCUT2D eigenvalue weighted by atomic mass is 79.9. The van der Waals surface area contributed by atoms with Crippen molar-refractivity contribution in [1.82, 2.24) is 0 Å². The van der Waals surface area contributed by atoms with E-state index in [-0.39, 0.29) is 13.0 Å². The van der Waals surface area contributed by atoms with Gasteiger partial charge in [-0.25, -0.2) is 4.79 Å². The monoisotopic (exact) mass is 313 g/mol. The number of hydrogen-bond acceptors (Lipinski definition) is 3. The molecule has 0 bridgehead atoms. The summed E-state index contributed by atoms with van der Waals surface area (Å²) >= 11 is 3.38. The molecular formula is C12H12BrNO4. The van der Waals surface area contributed by atoms with Crippen LogP contribution >= 0.6 is 15.9 Å². The summed E-state index contributed by atoms with van der Waals surface area (Å²) in [4.78, 5) is 23.9. The molecule has 1 amide bonds. The normalized spacial score (nSPS) is 18.9. The Morgan fingerprint density at radius 1 is 1.61 bits per heavy atom. The van der Waals surface area contributed by atoms with Crippen LogP contribution in [0.15, 0.2) is 22.7 Å². The van der Waals surface area contributed by atoms with E-state index >= 15 is 0 Å². The first-order valence-electron chi connectivity index (χ1n) is 5.43.